The average molecular weight is 505 g/mol. The number of methoxy groups -OCH3 is 1. The third kappa shape index (κ3) is 5.34. The number of halogens is 1. The molecule has 1 aliphatic rings. The smallest absolute Gasteiger partial charge is 0.335 e. The lowest BCUT2D eigenvalue weighted by Crippen LogP contribution is -2.33. The van der Waals surface area contributed by atoms with Crippen LogP contribution in [0.4, 0.5) is 0 Å². The van der Waals surface area contributed by atoms with Gasteiger partial charge in [0.2, 0.25) is 0 Å². The minimum atomic E-state index is -1.03. The standard InChI is InChI=1S/C28H25ClN2O5/c1-36-26-16-31(27(33)14-23(26)22-13-21(29)10-9-20(22)15-30)24(11-17-3-2-4-17)25(32)12-18-5-7-19(8-6-18)28(34)35/h5-10,13-14,16-17,24H,2-4,11-12H2,1H3,(H,34,35). The predicted molar refractivity (Wildman–Crippen MR) is 136 cm³/mol. The van der Waals surface area contributed by atoms with Gasteiger partial charge in [0, 0.05) is 28.6 Å². The second-order valence-electron chi connectivity index (χ2n) is 9.00. The van der Waals surface area contributed by atoms with Crippen LogP contribution in [0, 0.1) is 17.2 Å². The van der Waals surface area contributed by atoms with E-state index < -0.39 is 12.0 Å². The summed E-state index contributed by atoms with van der Waals surface area (Å²) in [5.41, 5.74) is 1.70. The van der Waals surface area contributed by atoms with Crippen molar-refractivity contribution >= 4 is 23.4 Å². The normalized spacial score (nSPS) is 13.9. The van der Waals surface area contributed by atoms with E-state index in [1.54, 1.807) is 30.3 Å². The summed E-state index contributed by atoms with van der Waals surface area (Å²) in [7, 11) is 1.47. The van der Waals surface area contributed by atoms with Crippen molar-refractivity contribution in [3.05, 3.63) is 86.8 Å². The van der Waals surface area contributed by atoms with Gasteiger partial charge in [-0.05, 0) is 48.2 Å². The van der Waals surface area contributed by atoms with E-state index >= 15 is 0 Å². The number of ketones is 1. The van der Waals surface area contributed by atoms with Crippen LogP contribution in [-0.4, -0.2) is 28.5 Å². The third-order valence-corrected chi connectivity index (χ3v) is 6.96. The molecule has 0 spiro atoms. The Hall–Kier alpha value is -3.89. The molecular formula is C28H25ClN2O5. The molecule has 1 saturated carbocycles. The van der Waals surface area contributed by atoms with Gasteiger partial charge in [-0.15, -0.1) is 0 Å². The van der Waals surface area contributed by atoms with Crippen LogP contribution in [0.3, 0.4) is 0 Å². The van der Waals surface area contributed by atoms with Crippen molar-refractivity contribution in [3.8, 4) is 22.9 Å². The minimum absolute atomic E-state index is 0.0701. The number of carboxylic acids is 1. The van der Waals surface area contributed by atoms with Gasteiger partial charge in [0.25, 0.3) is 5.56 Å². The Balaban J connectivity index is 1.72. The number of hydrogen-bond acceptors (Lipinski definition) is 5. The Labute approximate surface area is 213 Å². The highest BCUT2D eigenvalue weighted by Crippen LogP contribution is 2.37. The molecule has 1 heterocycles. The Bertz CT molecular complexity index is 1400. The number of hydrogen-bond donors (Lipinski definition) is 1. The predicted octanol–water partition coefficient (Wildman–Crippen LogP) is 5.29. The summed E-state index contributed by atoms with van der Waals surface area (Å²) in [6.07, 6.45) is 5.26. The zero-order valence-electron chi connectivity index (χ0n) is 19.7. The summed E-state index contributed by atoms with van der Waals surface area (Å²) in [5, 5.41) is 19.1. The monoisotopic (exact) mass is 504 g/mol. The quantitative estimate of drug-likeness (QED) is 0.424. The van der Waals surface area contributed by atoms with Gasteiger partial charge in [-0.2, -0.15) is 5.26 Å². The summed E-state index contributed by atoms with van der Waals surface area (Å²) in [6.45, 7) is 0. The number of rotatable bonds is 9. The molecule has 36 heavy (non-hydrogen) atoms. The maximum atomic E-state index is 13.5. The fourth-order valence-corrected chi connectivity index (χ4v) is 4.68. The number of nitrogens with zero attached hydrogens (tertiary/aromatic N) is 2. The maximum absolute atomic E-state index is 13.5. The van der Waals surface area contributed by atoms with Gasteiger partial charge in [0.05, 0.1) is 36.5 Å². The summed E-state index contributed by atoms with van der Waals surface area (Å²) < 4.78 is 7.01. The molecule has 1 aromatic heterocycles. The second kappa shape index (κ2) is 10.8. The number of Topliss-reactive ketones (excluding diaryl/α,β-unsaturated/α-hetero) is 1. The molecule has 1 atom stereocenters. The molecule has 8 heteroatoms. The lowest BCUT2D eigenvalue weighted by molar-refractivity contribution is -0.122. The van der Waals surface area contributed by atoms with Crippen molar-refractivity contribution in [3.63, 3.8) is 0 Å². The van der Waals surface area contributed by atoms with Gasteiger partial charge >= 0.3 is 5.97 Å². The van der Waals surface area contributed by atoms with E-state index in [1.165, 1.54) is 36.1 Å². The van der Waals surface area contributed by atoms with Gasteiger partial charge in [0.1, 0.15) is 5.75 Å². The molecule has 184 valence electrons. The zero-order chi connectivity index (χ0) is 25.8. The van der Waals surface area contributed by atoms with Crippen LogP contribution in [0.25, 0.3) is 11.1 Å². The number of nitriles is 1. The molecule has 3 aromatic rings. The summed E-state index contributed by atoms with van der Waals surface area (Å²) in [4.78, 5) is 38.0. The van der Waals surface area contributed by atoms with Gasteiger partial charge in [0.15, 0.2) is 5.78 Å². The molecule has 0 radical (unpaired) electrons. The van der Waals surface area contributed by atoms with E-state index in [1.807, 2.05) is 0 Å². The summed E-state index contributed by atoms with van der Waals surface area (Å²) in [5.74, 6) is -0.467. The van der Waals surface area contributed by atoms with Crippen molar-refractivity contribution in [1.29, 1.82) is 5.26 Å². The van der Waals surface area contributed by atoms with Crippen LogP contribution in [0.5, 0.6) is 5.75 Å². The van der Waals surface area contributed by atoms with Gasteiger partial charge < -0.3 is 14.4 Å². The van der Waals surface area contributed by atoms with Crippen molar-refractivity contribution in [2.24, 2.45) is 5.92 Å². The van der Waals surface area contributed by atoms with Crippen LogP contribution in [0.1, 0.15) is 53.2 Å². The Morgan fingerprint density at radius 3 is 2.47 bits per heavy atom. The van der Waals surface area contributed by atoms with Gasteiger partial charge in [-0.25, -0.2) is 4.79 Å². The molecule has 1 unspecified atom stereocenters. The molecule has 7 nitrogen and oxygen atoms in total. The first-order valence-corrected chi connectivity index (χ1v) is 12.0. The second-order valence-corrected chi connectivity index (χ2v) is 9.43. The minimum Gasteiger partial charge on any atom is -0.495 e. The number of aromatic nitrogens is 1. The lowest BCUT2D eigenvalue weighted by atomic mass is 9.79. The van der Waals surface area contributed by atoms with Crippen molar-refractivity contribution in [2.75, 3.05) is 7.11 Å². The van der Waals surface area contributed by atoms with E-state index in [-0.39, 0.29) is 23.3 Å². The summed E-state index contributed by atoms with van der Waals surface area (Å²) in [6, 6.07) is 13.8. The first kappa shape index (κ1) is 25.2. The van der Waals surface area contributed by atoms with Gasteiger partial charge in [-0.3, -0.25) is 9.59 Å². The van der Waals surface area contributed by atoms with Crippen LogP contribution >= 0.6 is 11.6 Å². The molecule has 1 aliphatic carbocycles. The largest absolute Gasteiger partial charge is 0.495 e. The third-order valence-electron chi connectivity index (χ3n) is 6.72. The SMILES string of the molecule is COc1cn(C(CC2CCC2)C(=O)Cc2ccc(C(=O)O)cc2)c(=O)cc1-c1cc(Cl)ccc1C#N. The Kier molecular flexibility index (Phi) is 7.56. The van der Waals surface area contributed by atoms with E-state index in [2.05, 4.69) is 6.07 Å². The highest BCUT2D eigenvalue weighted by Gasteiger charge is 2.29. The average Bonchev–Trinajstić information content (AvgIpc) is 2.84. The van der Waals surface area contributed by atoms with Crippen LogP contribution in [0.15, 0.2) is 59.5 Å². The molecule has 0 bridgehead atoms. The van der Waals surface area contributed by atoms with Gasteiger partial charge in [-0.1, -0.05) is 43.0 Å². The topological polar surface area (TPSA) is 109 Å². The molecule has 0 saturated heterocycles. The summed E-state index contributed by atoms with van der Waals surface area (Å²) >= 11 is 6.16. The number of carbonyl (C=O) groups is 2. The Morgan fingerprint density at radius 1 is 1.17 bits per heavy atom. The Morgan fingerprint density at radius 2 is 1.89 bits per heavy atom. The lowest BCUT2D eigenvalue weighted by Gasteiger charge is -2.30. The number of pyridine rings is 1. The first-order valence-electron chi connectivity index (χ1n) is 11.7. The van der Waals surface area contributed by atoms with E-state index in [4.69, 9.17) is 21.4 Å². The van der Waals surface area contributed by atoms with E-state index in [9.17, 15) is 19.6 Å². The maximum Gasteiger partial charge on any atom is 0.335 e. The fourth-order valence-electron chi connectivity index (χ4n) is 4.51. The van der Waals surface area contributed by atoms with Crippen LogP contribution in [0.2, 0.25) is 5.02 Å². The highest BCUT2D eigenvalue weighted by molar-refractivity contribution is 6.31. The molecule has 0 amide bonds. The van der Waals surface area contributed by atoms with Crippen molar-refractivity contribution < 1.29 is 19.4 Å². The molecule has 2 aromatic carbocycles. The van der Waals surface area contributed by atoms with Crippen molar-refractivity contribution in [2.45, 2.75) is 38.1 Å². The van der Waals surface area contributed by atoms with Crippen LogP contribution < -0.4 is 10.3 Å². The van der Waals surface area contributed by atoms with Crippen molar-refractivity contribution in [1.82, 2.24) is 4.57 Å². The highest BCUT2D eigenvalue weighted by atomic mass is 35.5. The van der Waals surface area contributed by atoms with Crippen LogP contribution in [-0.2, 0) is 11.2 Å². The molecule has 4 rings (SSSR count). The first-order chi connectivity index (χ1) is 17.3. The molecule has 0 aliphatic heterocycles. The number of carboxylic acid groups (broad SMARTS) is 1. The van der Waals surface area contributed by atoms with E-state index in [0.29, 0.717) is 45.4 Å². The zero-order valence-corrected chi connectivity index (χ0v) is 20.5. The number of aromatic carboxylic acids is 1. The molecular weight excluding hydrogens is 480 g/mol. The van der Waals surface area contributed by atoms with E-state index in [0.717, 1.165) is 19.3 Å². The number of carbonyl (C=O) groups excluding carboxylic acids is 1. The number of benzene rings is 2. The fraction of sp³-hybridized carbons (Fsp3) is 0.286. The molecule has 1 N–H and O–H groups in total. The number of ether oxygens (including phenoxy) is 1. The molecule has 1 fully saturated rings.